The average molecular weight is 273 g/mol. The molecule has 1 aromatic carbocycles. The van der Waals surface area contributed by atoms with E-state index in [2.05, 4.69) is 25.1 Å². The zero-order valence-corrected chi connectivity index (χ0v) is 12.3. The second kappa shape index (κ2) is 7.14. The molecule has 96 valence electrons. The summed E-state index contributed by atoms with van der Waals surface area (Å²) in [7, 11) is 2.12. The maximum absolute atomic E-state index is 6.17. The van der Waals surface area contributed by atoms with Crippen LogP contribution in [0.25, 0.3) is 0 Å². The van der Waals surface area contributed by atoms with E-state index in [1.807, 2.05) is 30.0 Å². The standard InChI is InChI=1S/C13H21ClN2S/c1-10(7-8-17-3)16(2)9-11-12(14)5-4-6-13(11)15/h4-6,10H,7-9,15H2,1-3H3. The zero-order chi connectivity index (χ0) is 12.8. The van der Waals surface area contributed by atoms with Gasteiger partial charge in [0.2, 0.25) is 0 Å². The van der Waals surface area contributed by atoms with Gasteiger partial charge in [-0.15, -0.1) is 0 Å². The predicted molar refractivity (Wildman–Crippen MR) is 79.8 cm³/mol. The lowest BCUT2D eigenvalue weighted by Gasteiger charge is -2.25. The molecule has 0 radical (unpaired) electrons. The molecule has 4 heteroatoms. The molecule has 0 heterocycles. The number of benzene rings is 1. The first-order valence-corrected chi connectivity index (χ1v) is 7.55. The van der Waals surface area contributed by atoms with Crippen molar-refractivity contribution in [2.75, 3.05) is 24.8 Å². The Morgan fingerprint density at radius 2 is 2.18 bits per heavy atom. The van der Waals surface area contributed by atoms with Crippen molar-refractivity contribution in [3.63, 3.8) is 0 Å². The molecule has 0 aliphatic heterocycles. The quantitative estimate of drug-likeness (QED) is 0.804. The van der Waals surface area contributed by atoms with Crippen molar-refractivity contribution in [1.82, 2.24) is 4.90 Å². The minimum atomic E-state index is 0.540. The lowest BCUT2D eigenvalue weighted by molar-refractivity contribution is 0.245. The molecule has 0 bridgehead atoms. The van der Waals surface area contributed by atoms with Crippen molar-refractivity contribution < 1.29 is 0 Å². The fourth-order valence-electron chi connectivity index (χ4n) is 1.66. The minimum absolute atomic E-state index is 0.540. The number of thioether (sulfide) groups is 1. The van der Waals surface area contributed by atoms with Crippen LogP contribution in [-0.4, -0.2) is 30.0 Å². The fourth-order valence-corrected chi connectivity index (χ4v) is 2.47. The summed E-state index contributed by atoms with van der Waals surface area (Å²) in [6, 6.07) is 6.23. The molecule has 2 N–H and O–H groups in total. The molecule has 0 spiro atoms. The Morgan fingerprint density at radius 1 is 1.47 bits per heavy atom. The Bertz CT molecular complexity index is 337. The summed E-state index contributed by atoms with van der Waals surface area (Å²) < 4.78 is 0. The third-order valence-electron chi connectivity index (χ3n) is 3.05. The van der Waals surface area contributed by atoms with Crippen LogP contribution in [0.3, 0.4) is 0 Å². The average Bonchev–Trinajstić information content (AvgIpc) is 2.30. The molecule has 0 aliphatic rings. The summed E-state index contributed by atoms with van der Waals surface area (Å²) in [6.45, 7) is 3.05. The van der Waals surface area contributed by atoms with Gasteiger partial charge in [-0.3, -0.25) is 4.90 Å². The number of hydrogen-bond donors (Lipinski definition) is 1. The number of anilines is 1. The van der Waals surface area contributed by atoms with Gasteiger partial charge in [0.25, 0.3) is 0 Å². The maximum Gasteiger partial charge on any atom is 0.0471 e. The smallest absolute Gasteiger partial charge is 0.0471 e. The Morgan fingerprint density at radius 3 is 2.76 bits per heavy atom. The van der Waals surface area contributed by atoms with E-state index in [1.54, 1.807) is 0 Å². The monoisotopic (exact) mass is 272 g/mol. The summed E-state index contributed by atoms with van der Waals surface area (Å²) in [5, 5.41) is 0.758. The number of nitrogens with zero attached hydrogens (tertiary/aromatic N) is 1. The van der Waals surface area contributed by atoms with Gasteiger partial charge < -0.3 is 5.73 Å². The lowest BCUT2D eigenvalue weighted by atomic mass is 10.1. The molecular formula is C13H21ClN2S. The Kier molecular flexibility index (Phi) is 6.17. The lowest BCUT2D eigenvalue weighted by Crippen LogP contribution is -2.29. The first-order valence-electron chi connectivity index (χ1n) is 5.78. The van der Waals surface area contributed by atoms with Crippen LogP contribution in [-0.2, 0) is 6.54 Å². The maximum atomic E-state index is 6.17. The molecule has 1 unspecified atom stereocenters. The van der Waals surface area contributed by atoms with Gasteiger partial charge in [-0.25, -0.2) is 0 Å². The van der Waals surface area contributed by atoms with Crippen LogP contribution < -0.4 is 5.73 Å². The minimum Gasteiger partial charge on any atom is -0.398 e. The van der Waals surface area contributed by atoms with Crippen molar-refractivity contribution in [2.24, 2.45) is 0 Å². The molecule has 2 nitrogen and oxygen atoms in total. The van der Waals surface area contributed by atoms with Gasteiger partial charge in [0.1, 0.15) is 0 Å². The second-order valence-electron chi connectivity index (χ2n) is 4.35. The number of nitrogens with two attached hydrogens (primary N) is 1. The van der Waals surface area contributed by atoms with E-state index in [1.165, 1.54) is 12.2 Å². The van der Waals surface area contributed by atoms with Crippen LogP contribution in [0.4, 0.5) is 5.69 Å². The summed E-state index contributed by atoms with van der Waals surface area (Å²) in [5.74, 6) is 1.18. The molecule has 0 fully saturated rings. The topological polar surface area (TPSA) is 29.3 Å². The van der Waals surface area contributed by atoms with Crippen LogP contribution >= 0.6 is 23.4 Å². The van der Waals surface area contributed by atoms with E-state index in [0.29, 0.717) is 6.04 Å². The Labute approximate surface area is 114 Å². The highest BCUT2D eigenvalue weighted by Gasteiger charge is 2.12. The molecule has 0 aliphatic carbocycles. The molecule has 0 saturated carbocycles. The highest BCUT2D eigenvalue weighted by Crippen LogP contribution is 2.24. The number of rotatable bonds is 6. The molecule has 0 aromatic heterocycles. The highest BCUT2D eigenvalue weighted by molar-refractivity contribution is 7.98. The van der Waals surface area contributed by atoms with Crippen molar-refractivity contribution in [3.8, 4) is 0 Å². The molecule has 1 rings (SSSR count). The summed E-state index contributed by atoms with van der Waals surface area (Å²) >= 11 is 8.05. The largest absolute Gasteiger partial charge is 0.398 e. The number of hydrogen-bond acceptors (Lipinski definition) is 3. The summed E-state index contributed by atoms with van der Waals surface area (Å²) in [6.07, 6.45) is 3.32. The van der Waals surface area contributed by atoms with E-state index in [0.717, 1.165) is 22.8 Å². The van der Waals surface area contributed by atoms with Crippen molar-refractivity contribution in [1.29, 1.82) is 0 Å². The van der Waals surface area contributed by atoms with Gasteiger partial charge in [-0.1, -0.05) is 17.7 Å². The van der Waals surface area contributed by atoms with Crippen LogP contribution in [0.1, 0.15) is 18.9 Å². The molecule has 17 heavy (non-hydrogen) atoms. The SMILES string of the molecule is CSCCC(C)N(C)Cc1c(N)cccc1Cl. The van der Waals surface area contributed by atoms with Crippen LogP contribution in [0, 0.1) is 0 Å². The van der Waals surface area contributed by atoms with Crippen molar-refractivity contribution in [2.45, 2.75) is 25.9 Å². The summed E-state index contributed by atoms with van der Waals surface area (Å²) in [4.78, 5) is 2.30. The van der Waals surface area contributed by atoms with Gasteiger partial charge in [-0.2, -0.15) is 11.8 Å². The number of halogens is 1. The van der Waals surface area contributed by atoms with Gasteiger partial charge in [-0.05, 0) is 44.5 Å². The molecule has 1 atom stereocenters. The van der Waals surface area contributed by atoms with E-state index in [9.17, 15) is 0 Å². The fraction of sp³-hybridized carbons (Fsp3) is 0.538. The van der Waals surface area contributed by atoms with Gasteiger partial charge in [0.05, 0.1) is 0 Å². The summed E-state index contributed by atoms with van der Waals surface area (Å²) in [5.41, 5.74) is 7.77. The first-order chi connectivity index (χ1) is 8.06. The third kappa shape index (κ3) is 4.41. The molecule has 0 amide bonds. The van der Waals surface area contributed by atoms with Crippen LogP contribution in [0.15, 0.2) is 18.2 Å². The molecular weight excluding hydrogens is 252 g/mol. The van der Waals surface area contributed by atoms with Gasteiger partial charge in [0.15, 0.2) is 0 Å². The normalized spacial score (nSPS) is 13.0. The molecule has 0 saturated heterocycles. The second-order valence-corrected chi connectivity index (χ2v) is 5.75. The van der Waals surface area contributed by atoms with Crippen LogP contribution in [0.5, 0.6) is 0 Å². The third-order valence-corrected chi connectivity index (χ3v) is 4.05. The predicted octanol–water partition coefficient (Wildman–Crippen LogP) is 3.50. The van der Waals surface area contributed by atoms with Gasteiger partial charge >= 0.3 is 0 Å². The Balaban J connectivity index is 2.64. The zero-order valence-electron chi connectivity index (χ0n) is 10.7. The van der Waals surface area contributed by atoms with Gasteiger partial charge in [0, 0.05) is 28.9 Å². The Hall–Kier alpha value is -0.380. The van der Waals surface area contributed by atoms with Crippen LogP contribution in [0.2, 0.25) is 5.02 Å². The number of nitrogen functional groups attached to an aromatic ring is 1. The highest BCUT2D eigenvalue weighted by atomic mass is 35.5. The van der Waals surface area contributed by atoms with Crippen molar-refractivity contribution >= 4 is 29.1 Å². The van der Waals surface area contributed by atoms with Crippen molar-refractivity contribution in [3.05, 3.63) is 28.8 Å². The van der Waals surface area contributed by atoms with E-state index in [-0.39, 0.29) is 0 Å². The molecule has 1 aromatic rings. The van der Waals surface area contributed by atoms with E-state index in [4.69, 9.17) is 17.3 Å². The van der Waals surface area contributed by atoms with E-state index >= 15 is 0 Å². The van der Waals surface area contributed by atoms with E-state index < -0.39 is 0 Å². The first kappa shape index (κ1) is 14.7.